The fourth-order valence-corrected chi connectivity index (χ4v) is 5.28. The average Bonchev–Trinajstić information content (AvgIpc) is 3.43. The molecule has 0 spiro atoms. The van der Waals surface area contributed by atoms with Crippen LogP contribution in [0.5, 0.6) is 0 Å². The van der Waals surface area contributed by atoms with Crippen molar-refractivity contribution < 1.29 is 4.79 Å². The van der Waals surface area contributed by atoms with Crippen LogP contribution >= 0.6 is 23.1 Å². The topological polar surface area (TPSA) is 72.7 Å². The first kappa shape index (κ1) is 20.2. The lowest BCUT2D eigenvalue weighted by atomic mass is 10.1. The van der Waals surface area contributed by atoms with Crippen molar-refractivity contribution in [1.82, 2.24) is 19.7 Å². The summed E-state index contributed by atoms with van der Waals surface area (Å²) in [5, 5.41) is 13.2. The molecule has 2 heterocycles. The zero-order valence-corrected chi connectivity index (χ0v) is 19.0. The molecule has 0 radical (unpaired) electrons. The Hall–Kier alpha value is -2.71. The highest BCUT2D eigenvalue weighted by atomic mass is 32.2. The van der Waals surface area contributed by atoms with Gasteiger partial charge in [-0.05, 0) is 49.6 Å². The number of nitrogens with zero attached hydrogens (tertiary/aromatic N) is 4. The molecule has 1 aliphatic carbocycles. The predicted molar refractivity (Wildman–Crippen MR) is 126 cm³/mol. The summed E-state index contributed by atoms with van der Waals surface area (Å²) in [6.07, 6.45) is 3.15. The van der Waals surface area contributed by atoms with E-state index in [0.717, 1.165) is 33.6 Å². The van der Waals surface area contributed by atoms with Crippen LogP contribution in [0.25, 0.3) is 10.2 Å². The molecular formula is C23H23N5OS2. The van der Waals surface area contributed by atoms with E-state index in [1.54, 1.807) is 11.3 Å². The summed E-state index contributed by atoms with van der Waals surface area (Å²) in [6, 6.07) is 16.2. The number of fused-ring (bicyclic) bond motifs is 1. The summed E-state index contributed by atoms with van der Waals surface area (Å²) in [4.78, 5) is 17.4. The number of rotatable bonds is 7. The van der Waals surface area contributed by atoms with Gasteiger partial charge in [0.25, 0.3) is 0 Å². The minimum Gasteiger partial charge on any atom is -0.325 e. The molecule has 8 heteroatoms. The summed E-state index contributed by atoms with van der Waals surface area (Å²) in [6.45, 7) is 1.90. The van der Waals surface area contributed by atoms with Crippen molar-refractivity contribution >= 4 is 44.9 Å². The highest BCUT2D eigenvalue weighted by Crippen LogP contribution is 2.39. The highest BCUT2D eigenvalue weighted by Gasteiger charge is 2.30. The van der Waals surface area contributed by atoms with Crippen molar-refractivity contribution in [2.24, 2.45) is 7.05 Å². The summed E-state index contributed by atoms with van der Waals surface area (Å²) in [5.74, 6) is 1.52. The molecule has 2 aromatic carbocycles. The Balaban J connectivity index is 1.19. The number of hydrogen-bond donors (Lipinski definition) is 1. The van der Waals surface area contributed by atoms with Gasteiger partial charge in [0, 0.05) is 25.1 Å². The number of carbonyl (C=O) groups excluding carboxylic acids is 1. The number of para-hydroxylation sites is 1. The van der Waals surface area contributed by atoms with Gasteiger partial charge >= 0.3 is 0 Å². The lowest BCUT2D eigenvalue weighted by molar-refractivity contribution is -0.115. The van der Waals surface area contributed by atoms with Crippen LogP contribution in [-0.4, -0.2) is 30.9 Å². The van der Waals surface area contributed by atoms with E-state index in [9.17, 15) is 4.79 Å². The van der Waals surface area contributed by atoms with Crippen LogP contribution in [0.1, 0.15) is 42.1 Å². The maximum atomic E-state index is 12.7. The molecule has 0 aliphatic heterocycles. The van der Waals surface area contributed by atoms with Crippen LogP contribution in [0.15, 0.2) is 53.7 Å². The van der Waals surface area contributed by atoms with E-state index < -0.39 is 0 Å². The van der Waals surface area contributed by atoms with E-state index in [-0.39, 0.29) is 11.2 Å². The fraction of sp³-hybridized carbons (Fsp3) is 0.304. The molecule has 1 amide bonds. The number of benzene rings is 2. The van der Waals surface area contributed by atoms with Gasteiger partial charge in [0.15, 0.2) is 5.16 Å². The summed E-state index contributed by atoms with van der Waals surface area (Å²) in [7, 11) is 1.98. The van der Waals surface area contributed by atoms with E-state index in [0.29, 0.717) is 5.92 Å². The van der Waals surface area contributed by atoms with Crippen LogP contribution < -0.4 is 5.32 Å². The Morgan fingerprint density at radius 3 is 2.71 bits per heavy atom. The summed E-state index contributed by atoms with van der Waals surface area (Å²) >= 11 is 3.16. The average molecular weight is 450 g/mol. The Bertz CT molecular complexity index is 1190. The first-order chi connectivity index (χ1) is 15.1. The number of carbonyl (C=O) groups is 1. The monoisotopic (exact) mass is 449 g/mol. The minimum atomic E-state index is -0.266. The van der Waals surface area contributed by atoms with E-state index in [1.807, 2.05) is 61.0 Å². The van der Waals surface area contributed by atoms with Crippen molar-refractivity contribution in [3.63, 3.8) is 0 Å². The van der Waals surface area contributed by atoms with Crippen molar-refractivity contribution in [2.75, 3.05) is 5.32 Å². The molecule has 6 nitrogen and oxygen atoms in total. The van der Waals surface area contributed by atoms with Crippen molar-refractivity contribution in [3.05, 3.63) is 64.9 Å². The largest absolute Gasteiger partial charge is 0.325 e. The minimum absolute atomic E-state index is 0.0418. The number of thiazole rings is 1. The molecule has 1 N–H and O–H groups in total. The molecule has 1 fully saturated rings. The number of amides is 1. The standard InChI is InChI=1S/C23H23N5OS2/c1-14(30-23-27-26-21(28(23)2)16-9-10-16)22(29)24-17-11-7-15(8-12-17)13-20-25-18-5-3-4-6-19(18)31-20/h3-8,11-12,14,16H,9-10,13H2,1-2H3,(H,24,29). The Kier molecular flexibility index (Phi) is 5.50. The Labute approximate surface area is 189 Å². The molecular weight excluding hydrogens is 426 g/mol. The molecule has 31 heavy (non-hydrogen) atoms. The number of nitrogens with one attached hydrogen (secondary N) is 1. The number of hydrogen-bond acceptors (Lipinski definition) is 6. The number of aromatic nitrogens is 4. The van der Waals surface area contributed by atoms with E-state index >= 15 is 0 Å². The van der Waals surface area contributed by atoms with E-state index in [4.69, 9.17) is 4.98 Å². The van der Waals surface area contributed by atoms with Crippen LogP contribution in [0.2, 0.25) is 0 Å². The molecule has 5 rings (SSSR count). The third kappa shape index (κ3) is 4.50. The normalized spacial score (nSPS) is 14.6. The molecule has 0 bridgehead atoms. The smallest absolute Gasteiger partial charge is 0.237 e. The van der Waals surface area contributed by atoms with Gasteiger partial charge in [0.2, 0.25) is 5.91 Å². The molecule has 158 valence electrons. The maximum Gasteiger partial charge on any atom is 0.237 e. The van der Waals surface area contributed by atoms with Gasteiger partial charge in [-0.3, -0.25) is 4.79 Å². The van der Waals surface area contributed by atoms with Crippen LogP contribution in [0.4, 0.5) is 5.69 Å². The second-order valence-corrected chi connectivity index (χ2v) is 10.3. The summed E-state index contributed by atoms with van der Waals surface area (Å²) < 4.78 is 3.23. The van der Waals surface area contributed by atoms with Gasteiger partial charge in [-0.25, -0.2) is 4.98 Å². The molecule has 2 aromatic heterocycles. The lowest BCUT2D eigenvalue weighted by Crippen LogP contribution is -2.22. The van der Waals surface area contributed by atoms with E-state index in [2.05, 4.69) is 21.6 Å². The molecule has 4 aromatic rings. The molecule has 1 saturated carbocycles. The van der Waals surface area contributed by atoms with Crippen molar-refractivity contribution in [1.29, 1.82) is 0 Å². The van der Waals surface area contributed by atoms with Crippen LogP contribution in [0.3, 0.4) is 0 Å². The SMILES string of the molecule is CC(Sc1nnc(C2CC2)n1C)C(=O)Nc1ccc(Cc2nc3ccccc3s2)cc1. The van der Waals surface area contributed by atoms with Crippen molar-refractivity contribution in [3.8, 4) is 0 Å². The second kappa shape index (κ2) is 8.43. The third-order valence-electron chi connectivity index (χ3n) is 5.38. The quantitative estimate of drug-likeness (QED) is 0.402. The third-order valence-corrected chi connectivity index (χ3v) is 7.55. The number of anilines is 1. The maximum absolute atomic E-state index is 12.7. The van der Waals surface area contributed by atoms with Gasteiger partial charge in [-0.1, -0.05) is 36.0 Å². The predicted octanol–water partition coefficient (Wildman–Crippen LogP) is 5.01. The first-order valence-electron chi connectivity index (χ1n) is 10.4. The Morgan fingerprint density at radius 1 is 1.19 bits per heavy atom. The van der Waals surface area contributed by atoms with Gasteiger partial charge in [-0.15, -0.1) is 21.5 Å². The fourth-order valence-electron chi connectivity index (χ4n) is 3.46. The molecule has 0 saturated heterocycles. The van der Waals surface area contributed by atoms with Gasteiger partial charge < -0.3 is 9.88 Å². The molecule has 1 atom stereocenters. The number of thioether (sulfide) groups is 1. The zero-order chi connectivity index (χ0) is 21.4. The van der Waals surface area contributed by atoms with Crippen molar-refractivity contribution in [2.45, 2.75) is 42.5 Å². The van der Waals surface area contributed by atoms with Gasteiger partial charge in [0.1, 0.15) is 5.82 Å². The molecule has 1 aliphatic rings. The van der Waals surface area contributed by atoms with Crippen LogP contribution in [-0.2, 0) is 18.3 Å². The van der Waals surface area contributed by atoms with Gasteiger partial charge in [0.05, 0.1) is 20.5 Å². The highest BCUT2D eigenvalue weighted by molar-refractivity contribution is 8.00. The Morgan fingerprint density at radius 2 is 1.97 bits per heavy atom. The second-order valence-electron chi connectivity index (χ2n) is 7.87. The van der Waals surface area contributed by atoms with Gasteiger partial charge in [-0.2, -0.15) is 0 Å². The first-order valence-corrected chi connectivity index (χ1v) is 12.1. The summed E-state index contributed by atoms with van der Waals surface area (Å²) in [5.41, 5.74) is 3.01. The lowest BCUT2D eigenvalue weighted by Gasteiger charge is -2.12. The zero-order valence-electron chi connectivity index (χ0n) is 17.4. The van der Waals surface area contributed by atoms with Crippen LogP contribution in [0, 0.1) is 0 Å². The molecule has 1 unspecified atom stereocenters. The van der Waals surface area contributed by atoms with E-state index in [1.165, 1.54) is 34.9 Å².